The lowest BCUT2D eigenvalue weighted by atomic mass is 9.51. The zero-order chi connectivity index (χ0) is 33.6. The first-order chi connectivity index (χ1) is 20.9. The number of ether oxygens (including phenoxy) is 5. The molecule has 4 aliphatic rings. The number of aliphatic hydroxyl groups is 1. The van der Waals surface area contributed by atoms with Gasteiger partial charge in [-0.3, -0.25) is 14.5 Å². The molecular weight excluding hydrogens is 615 g/mol. The van der Waals surface area contributed by atoms with E-state index in [2.05, 4.69) is 0 Å². The number of halogens is 3. The van der Waals surface area contributed by atoms with Crippen molar-refractivity contribution in [3.63, 3.8) is 0 Å². The van der Waals surface area contributed by atoms with Crippen molar-refractivity contribution in [2.75, 3.05) is 20.7 Å². The molecule has 1 aromatic carbocycles. The summed E-state index contributed by atoms with van der Waals surface area (Å²) >= 11 is 0. The standard InChI is InChI=1S/C26H29NO11.C2HF3O2/c1-12(28)35-20(23(30)31)21(36-13(2)29)24(32)37-16-7-8-17-25-9-10-27(3)26(17,33)11-14-5-6-15(34-4)19(18(14)25)38-22(16)25;3-2(4,5)1(6)7/h5-7,17,20-22,33H,8-11H2,1-4H3,(H,30,31);(H,6,7)/t17-,20+,21+,22-,25-,26+;/m0./s1. The number of alkyl halides is 3. The molecule has 45 heavy (non-hydrogen) atoms. The number of hydrogen-bond donors (Lipinski definition) is 3. The minimum absolute atomic E-state index is 0.0911. The monoisotopic (exact) mass is 645 g/mol. The lowest BCUT2D eigenvalue weighted by Crippen LogP contribution is -2.70. The van der Waals surface area contributed by atoms with Gasteiger partial charge in [0, 0.05) is 38.3 Å². The van der Waals surface area contributed by atoms with Crippen molar-refractivity contribution in [3.8, 4) is 11.5 Å². The summed E-state index contributed by atoms with van der Waals surface area (Å²) < 4.78 is 59.1. The number of hydrogen-bond acceptors (Lipinski definition) is 12. The molecule has 246 valence electrons. The Morgan fingerprint density at radius 3 is 2.20 bits per heavy atom. The Morgan fingerprint density at radius 1 is 1.07 bits per heavy atom. The fourth-order valence-electron chi connectivity index (χ4n) is 6.60. The number of methoxy groups -OCH3 is 1. The molecule has 0 radical (unpaired) electrons. The van der Waals surface area contributed by atoms with Crippen LogP contribution in [-0.2, 0) is 50.0 Å². The number of likely N-dealkylation sites (N-methyl/N-ethyl adjacent to an activating group) is 1. The molecule has 2 heterocycles. The van der Waals surface area contributed by atoms with Gasteiger partial charge in [-0.05, 0) is 37.6 Å². The second-order valence-corrected chi connectivity index (χ2v) is 10.9. The van der Waals surface area contributed by atoms with Gasteiger partial charge in [-0.15, -0.1) is 0 Å². The predicted octanol–water partition coefficient (Wildman–Crippen LogP) is 1.30. The molecule has 1 aromatic rings. The highest BCUT2D eigenvalue weighted by molar-refractivity contribution is 5.88. The van der Waals surface area contributed by atoms with Crippen molar-refractivity contribution < 1.29 is 76.1 Å². The SMILES string of the molecule is COc1ccc2c3c1O[C@H]1C(OC(=O)[C@H](OC(C)=O)[C@@H](OC(C)=O)C(=O)O)=CC[C@H]4[C@@]31CCN(C)[C@@]4(O)C2.O=C(O)C(F)(F)F. The van der Waals surface area contributed by atoms with Crippen LogP contribution in [0.25, 0.3) is 0 Å². The molecule has 2 bridgehead atoms. The fraction of sp³-hybridized carbons (Fsp3) is 0.536. The normalized spacial score (nSPS) is 27.2. The van der Waals surface area contributed by atoms with Crippen molar-refractivity contribution in [3.05, 3.63) is 35.1 Å². The van der Waals surface area contributed by atoms with Gasteiger partial charge in [-0.25, -0.2) is 14.4 Å². The van der Waals surface area contributed by atoms with Crippen LogP contribution in [0.4, 0.5) is 13.2 Å². The van der Waals surface area contributed by atoms with Crippen molar-refractivity contribution in [1.82, 2.24) is 4.90 Å². The number of rotatable bonds is 7. The maximum Gasteiger partial charge on any atom is 0.490 e. The van der Waals surface area contributed by atoms with E-state index in [0.717, 1.165) is 25.0 Å². The molecule has 0 aromatic heterocycles. The van der Waals surface area contributed by atoms with Gasteiger partial charge in [0.2, 0.25) is 12.2 Å². The highest BCUT2D eigenvalue weighted by Gasteiger charge is 2.69. The number of nitrogens with zero attached hydrogens (tertiary/aromatic N) is 1. The molecule has 0 saturated carbocycles. The van der Waals surface area contributed by atoms with E-state index in [0.29, 0.717) is 37.3 Å². The van der Waals surface area contributed by atoms with Crippen molar-refractivity contribution >= 4 is 29.8 Å². The second-order valence-electron chi connectivity index (χ2n) is 10.9. The second kappa shape index (κ2) is 11.8. The Kier molecular flexibility index (Phi) is 8.82. The zero-order valence-corrected chi connectivity index (χ0v) is 24.4. The first-order valence-electron chi connectivity index (χ1n) is 13.5. The fourth-order valence-corrected chi connectivity index (χ4v) is 6.60. The Hall–Kier alpha value is -4.38. The third-order valence-corrected chi connectivity index (χ3v) is 8.36. The van der Waals surface area contributed by atoms with E-state index in [9.17, 15) is 42.6 Å². The Labute approximate surface area is 253 Å². The number of piperidine rings is 1. The molecule has 0 unspecified atom stereocenters. The van der Waals surface area contributed by atoms with Gasteiger partial charge in [0.1, 0.15) is 11.5 Å². The zero-order valence-electron chi connectivity index (χ0n) is 24.4. The van der Waals surface area contributed by atoms with Crippen LogP contribution in [0.1, 0.15) is 37.8 Å². The van der Waals surface area contributed by atoms with Crippen LogP contribution in [0.2, 0.25) is 0 Å². The first-order valence-corrected chi connectivity index (χ1v) is 13.5. The molecule has 2 aliphatic carbocycles. The summed E-state index contributed by atoms with van der Waals surface area (Å²) in [5.41, 5.74) is -0.104. The molecule has 3 N–H and O–H groups in total. The number of carboxylic acid groups (broad SMARTS) is 2. The van der Waals surface area contributed by atoms with Crippen molar-refractivity contribution in [2.45, 2.75) is 68.7 Å². The van der Waals surface area contributed by atoms with Crippen LogP contribution in [0, 0.1) is 5.92 Å². The highest BCUT2D eigenvalue weighted by atomic mass is 19.4. The largest absolute Gasteiger partial charge is 0.493 e. The number of allylic oxidation sites excluding steroid dienone is 1. The highest BCUT2D eigenvalue weighted by Crippen LogP contribution is 2.65. The van der Waals surface area contributed by atoms with E-state index in [-0.39, 0.29) is 11.7 Å². The van der Waals surface area contributed by atoms with Gasteiger partial charge in [0.05, 0.1) is 12.5 Å². The maximum atomic E-state index is 13.3. The summed E-state index contributed by atoms with van der Waals surface area (Å²) in [5.74, 6) is -6.82. The molecule has 1 saturated heterocycles. The molecule has 5 rings (SSSR count). The van der Waals surface area contributed by atoms with Gasteiger partial charge in [-0.2, -0.15) is 13.2 Å². The smallest absolute Gasteiger partial charge is 0.490 e. The van der Waals surface area contributed by atoms with E-state index in [1.54, 1.807) is 12.1 Å². The van der Waals surface area contributed by atoms with Crippen LogP contribution in [0.3, 0.4) is 0 Å². The van der Waals surface area contributed by atoms with Crippen molar-refractivity contribution in [1.29, 1.82) is 0 Å². The van der Waals surface area contributed by atoms with E-state index in [1.807, 2.05) is 18.0 Å². The van der Waals surface area contributed by atoms with Gasteiger partial charge < -0.3 is 39.0 Å². The molecule has 6 atom stereocenters. The van der Waals surface area contributed by atoms with Gasteiger partial charge >= 0.3 is 36.0 Å². The number of aliphatic carboxylic acids is 2. The number of carbonyl (C=O) groups is 5. The summed E-state index contributed by atoms with van der Waals surface area (Å²) in [4.78, 5) is 59.1. The van der Waals surface area contributed by atoms with E-state index < -0.39 is 65.5 Å². The number of benzene rings is 1. The number of carbonyl (C=O) groups excluding carboxylic acids is 3. The van der Waals surface area contributed by atoms with Crippen LogP contribution < -0.4 is 9.47 Å². The predicted molar refractivity (Wildman–Crippen MR) is 140 cm³/mol. The number of esters is 3. The summed E-state index contributed by atoms with van der Waals surface area (Å²) in [7, 11) is 3.39. The first kappa shape index (κ1) is 33.5. The minimum Gasteiger partial charge on any atom is -0.493 e. The molecular formula is C28H30F3NO13. The minimum atomic E-state index is -5.08. The average molecular weight is 646 g/mol. The van der Waals surface area contributed by atoms with Crippen LogP contribution in [0.5, 0.6) is 11.5 Å². The molecule has 17 heteroatoms. The number of likely N-dealkylation sites (tertiary alicyclic amines) is 1. The summed E-state index contributed by atoms with van der Waals surface area (Å²) in [5, 5.41) is 28.6. The topological polar surface area (TPSA) is 195 Å². The van der Waals surface area contributed by atoms with E-state index in [1.165, 1.54) is 7.11 Å². The van der Waals surface area contributed by atoms with Crippen LogP contribution in [0.15, 0.2) is 24.0 Å². The molecule has 1 spiro atoms. The van der Waals surface area contributed by atoms with Gasteiger partial charge in [-0.1, -0.05) is 6.07 Å². The van der Waals surface area contributed by atoms with E-state index >= 15 is 0 Å². The summed E-state index contributed by atoms with van der Waals surface area (Å²) in [6.45, 7) is 2.50. The van der Waals surface area contributed by atoms with E-state index in [4.69, 9.17) is 33.6 Å². The third-order valence-electron chi connectivity index (χ3n) is 8.36. The van der Waals surface area contributed by atoms with Gasteiger partial charge in [0.15, 0.2) is 17.6 Å². The Balaban J connectivity index is 0.000000591. The molecule has 14 nitrogen and oxygen atoms in total. The molecule has 2 aliphatic heterocycles. The number of carboxylic acids is 2. The molecule has 0 amide bonds. The molecule has 1 fully saturated rings. The summed E-state index contributed by atoms with van der Waals surface area (Å²) in [6.07, 6.45) is -7.16. The Morgan fingerprint density at radius 2 is 1.67 bits per heavy atom. The lowest BCUT2D eigenvalue weighted by molar-refractivity contribution is -0.206. The third kappa shape index (κ3) is 5.77. The van der Waals surface area contributed by atoms with Gasteiger partial charge in [0.25, 0.3) is 0 Å². The maximum absolute atomic E-state index is 13.3. The van der Waals surface area contributed by atoms with Crippen LogP contribution >= 0.6 is 0 Å². The average Bonchev–Trinajstić information content (AvgIpc) is 3.29. The lowest BCUT2D eigenvalue weighted by Gasteiger charge is -2.60. The van der Waals surface area contributed by atoms with Crippen molar-refractivity contribution in [2.24, 2.45) is 5.92 Å². The quantitative estimate of drug-likeness (QED) is 0.284. The Bertz CT molecular complexity index is 1460. The van der Waals surface area contributed by atoms with Crippen LogP contribution in [-0.4, -0.2) is 101 Å². The summed E-state index contributed by atoms with van der Waals surface area (Å²) in [6, 6.07) is 3.67.